The summed E-state index contributed by atoms with van der Waals surface area (Å²) >= 11 is 12.1. The molecule has 0 radical (unpaired) electrons. The number of hydrogen-bond acceptors (Lipinski definition) is 6. The maximum absolute atomic E-state index is 13.1. The lowest BCUT2D eigenvalue weighted by molar-refractivity contribution is -0.120. The van der Waals surface area contributed by atoms with Crippen LogP contribution in [0.2, 0.25) is 10.0 Å². The number of carbonyl (C=O) groups is 2. The first-order valence-corrected chi connectivity index (χ1v) is 15.1. The lowest BCUT2D eigenvalue weighted by Crippen LogP contribution is -2.38. The number of carbonyl (C=O) groups excluding carboxylic acids is 2. The number of halogens is 2. The molecule has 0 spiro atoms. The molecule has 0 atom stereocenters. The highest BCUT2D eigenvalue weighted by atomic mass is 35.5. The number of anilines is 1. The van der Waals surface area contributed by atoms with Crippen molar-refractivity contribution in [1.82, 2.24) is 16.0 Å². The minimum atomic E-state index is -4.02. The fourth-order valence-corrected chi connectivity index (χ4v) is 5.73. The standard InChI is InChI=1S/C28H30Cl2N4O5S/c29-21-7-10-25(23(30)17-21)39-26-4-2-1-3-24(26)34-40(37,38)22-8-5-20(6-9-22)28(36)33-18-27(35)32-16-13-19-11-14-31-15-12-19/h1-10,17,19,31,34H,11-16,18H2,(H,32,35)(H,33,36). The summed E-state index contributed by atoms with van der Waals surface area (Å²) in [6.07, 6.45) is 3.12. The van der Waals surface area contributed by atoms with Gasteiger partial charge in [0.2, 0.25) is 5.91 Å². The van der Waals surface area contributed by atoms with E-state index in [-0.39, 0.29) is 39.4 Å². The van der Waals surface area contributed by atoms with Crippen molar-refractivity contribution in [2.24, 2.45) is 5.92 Å². The molecule has 1 aliphatic heterocycles. The minimum Gasteiger partial charge on any atom is -0.454 e. The zero-order chi connectivity index (χ0) is 28.5. The van der Waals surface area contributed by atoms with Crippen LogP contribution in [-0.4, -0.2) is 46.4 Å². The first-order valence-electron chi connectivity index (χ1n) is 12.8. The van der Waals surface area contributed by atoms with Gasteiger partial charge in [-0.25, -0.2) is 8.42 Å². The van der Waals surface area contributed by atoms with Gasteiger partial charge in [0.05, 0.1) is 22.2 Å². The van der Waals surface area contributed by atoms with Gasteiger partial charge in [-0.3, -0.25) is 14.3 Å². The number of sulfonamides is 1. The van der Waals surface area contributed by atoms with E-state index in [0.717, 1.165) is 32.4 Å². The highest BCUT2D eigenvalue weighted by Gasteiger charge is 2.19. The molecule has 9 nitrogen and oxygen atoms in total. The molecule has 12 heteroatoms. The van der Waals surface area contributed by atoms with Crippen LogP contribution in [0.4, 0.5) is 5.69 Å². The second kappa shape index (κ2) is 13.8. The molecule has 2 amide bonds. The third-order valence-corrected chi connectivity index (χ3v) is 8.33. The Labute approximate surface area is 243 Å². The van der Waals surface area contributed by atoms with Crippen molar-refractivity contribution in [3.05, 3.63) is 82.3 Å². The quantitative estimate of drug-likeness (QED) is 0.248. The summed E-state index contributed by atoms with van der Waals surface area (Å²) < 4.78 is 34.5. The highest BCUT2D eigenvalue weighted by molar-refractivity contribution is 7.92. The van der Waals surface area contributed by atoms with Gasteiger partial charge in [-0.05, 0) is 92.9 Å². The van der Waals surface area contributed by atoms with Gasteiger partial charge in [0.1, 0.15) is 5.75 Å². The number of benzene rings is 3. The molecule has 0 aromatic heterocycles. The number of piperidine rings is 1. The maximum atomic E-state index is 13.1. The summed E-state index contributed by atoms with van der Waals surface area (Å²) in [5.41, 5.74) is 0.420. The minimum absolute atomic E-state index is 0.0564. The molecular weight excluding hydrogens is 575 g/mol. The number of nitrogens with one attached hydrogen (secondary N) is 4. The largest absolute Gasteiger partial charge is 0.454 e. The predicted molar refractivity (Wildman–Crippen MR) is 156 cm³/mol. The van der Waals surface area contributed by atoms with Gasteiger partial charge in [0.15, 0.2) is 5.75 Å². The molecule has 1 aliphatic rings. The van der Waals surface area contributed by atoms with Crippen molar-refractivity contribution in [2.45, 2.75) is 24.2 Å². The predicted octanol–water partition coefficient (Wildman–Crippen LogP) is 4.82. The van der Waals surface area contributed by atoms with Crippen molar-refractivity contribution >= 4 is 50.7 Å². The fourth-order valence-electron chi connectivity index (χ4n) is 4.22. The van der Waals surface area contributed by atoms with Crippen LogP contribution in [0.5, 0.6) is 11.5 Å². The molecule has 1 heterocycles. The lowest BCUT2D eigenvalue weighted by atomic mass is 9.95. The molecular formula is C28H30Cl2N4O5S. The second-order valence-electron chi connectivity index (χ2n) is 9.32. The van der Waals surface area contributed by atoms with Gasteiger partial charge in [0, 0.05) is 17.1 Å². The van der Waals surface area contributed by atoms with Crippen molar-refractivity contribution < 1.29 is 22.7 Å². The monoisotopic (exact) mass is 604 g/mol. The third-order valence-electron chi connectivity index (χ3n) is 6.42. The number of para-hydroxylation sites is 2. The average molecular weight is 606 g/mol. The number of hydrogen-bond donors (Lipinski definition) is 4. The van der Waals surface area contributed by atoms with Gasteiger partial charge >= 0.3 is 0 Å². The number of rotatable bonds is 11. The van der Waals surface area contributed by atoms with E-state index in [4.69, 9.17) is 27.9 Å². The number of amides is 2. The highest BCUT2D eigenvalue weighted by Crippen LogP contribution is 2.35. The lowest BCUT2D eigenvalue weighted by Gasteiger charge is -2.22. The Bertz CT molecular complexity index is 1450. The van der Waals surface area contributed by atoms with Crippen LogP contribution < -0.4 is 25.4 Å². The molecule has 4 N–H and O–H groups in total. The van der Waals surface area contributed by atoms with Crippen molar-refractivity contribution in [2.75, 3.05) is 30.9 Å². The molecule has 4 rings (SSSR count). The van der Waals surface area contributed by atoms with Gasteiger partial charge in [0.25, 0.3) is 15.9 Å². The van der Waals surface area contributed by atoms with Crippen LogP contribution in [-0.2, 0) is 14.8 Å². The molecule has 1 fully saturated rings. The van der Waals surface area contributed by atoms with E-state index in [0.29, 0.717) is 23.2 Å². The van der Waals surface area contributed by atoms with E-state index in [1.54, 1.807) is 36.4 Å². The Kier molecular flexibility index (Phi) is 10.3. The zero-order valence-electron chi connectivity index (χ0n) is 21.6. The van der Waals surface area contributed by atoms with Crippen LogP contribution in [0, 0.1) is 5.92 Å². The Morgan fingerprint density at radius 1 is 0.925 bits per heavy atom. The maximum Gasteiger partial charge on any atom is 0.262 e. The smallest absolute Gasteiger partial charge is 0.262 e. The molecule has 0 unspecified atom stereocenters. The Morgan fingerprint density at radius 2 is 1.65 bits per heavy atom. The normalized spacial score (nSPS) is 13.8. The van der Waals surface area contributed by atoms with E-state index < -0.39 is 15.9 Å². The zero-order valence-corrected chi connectivity index (χ0v) is 23.9. The summed E-state index contributed by atoms with van der Waals surface area (Å²) in [6, 6.07) is 16.6. The first kappa shape index (κ1) is 29.7. The van der Waals surface area contributed by atoms with E-state index >= 15 is 0 Å². The van der Waals surface area contributed by atoms with Crippen LogP contribution >= 0.6 is 23.2 Å². The molecule has 212 valence electrons. The molecule has 3 aromatic rings. The van der Waals surface area contributed by atoms with Gasteiger partial charge in [-0.1, -0.05) is 35.3 Å². The van der Waals surface area contributed by atoms with Gasteiger partial charge < -0.3 is 20.7 Å². The Morgan fingerprint density at radius 3 is 2.38 bits per heavy atom. The molecule has 0 saturated carbocycles. The molecule has 40 heavy (non-hydrogen) atoms. The topological polar surface area (TPSA) is 126 Å². The third kappa shape index (κ3) is 8.34. The van der Waals surface area contributed by atoms with E-state index in [2.05, 4.69) is 20.7 Å². The van der Waals surface area contributed by atoms with Crippen molar-refractivity contribution in [1.29, 1.82) is 0 Å². The van der Waals surface area contributed by atoms with Crippen LogP contribution in [0.1, 0.15) is 29.6 Å². The summed E-state index contributed by atoms with van der Waals surface area (Å²) in [4.78, 5) is 24.5. The Balaban J connectivity index is 1.32. The molecule has 1 saturated heterocycles. The van der Waals surface area contributed by atoms with Gasteiger partial charge in [-0.2, -0.15) is 0 Å². The SMILES string of the molecule is O=C(CNC(=O)c1ccc(S(=O)(=O)Nc2ccccc2Oc2ccc(Cl)cc2Cl)cc1)NCCC1CCNCC1. The second-order valence-corrected chi connectivity index (χ2v) is 11.8. The van der Waals surface area contributed by atoms with Gasteiger partial charge in [-0.15, -0.1) is 0 Å². The first-order chi connectivity index (χ1) is 19.2. The van der Waals surface area contributed by atoms with Crippen LogP contribution in [0.3, 0.4) is 0 Å². The molecule has 3 aromatic carbocycles. The van der Waals surface area contributed by atoms with Crippen LogP contribution in [0.25, 0.3) is 0 Å². The summed E-state index contributed by atoms with van der Waals surface area (Å²) in [6.45, 7) is 2.42. The Hall–Kier alpha value is -3.31. The van der Waals surface area contributed by atoms with E-state index in [9.17, 15) is 18.0 Å². The van der Waals surface area contributed by atoms with Crippen molar-refractivity contribution in [3.63, 3.8) is 0 Å². The average Bonchev–Trinajstić information content (AvgIpc) is 2.94. The van der Waals surface area contributed by atoms with E-state index in [1.807, 2.05) is 0 Å². The fraction of sp³-hybridized carbons (Fsp3) is 0.286. The van der Waals surface area contributed by atoms with Crippen LogP contribution in [0.15, 0.2) is 71.6 Å². The summed E-state index contributed by atoms with van der Waals surface area (Å²) in [5.74, 6) is 0.391. The number of ether oxygens (including phenoxy) is 1. The summed E-state index contributed by atoms with van der Waals surface area (Å²) in [5, 5.41) is 9.42. The molecule has 0 bridgehead atoms. The van der Waals surface area contributed by atoms with Crippen molar-refractivity contribution in [3.8, 4) is 11.5 Å². The van der Waals surface area contributed by atoms with E-state index in [1.165, 1.54) is 30.3 Å². The summed E-state index contributed by atoms with van der Waals surface area (Å²) in [7, 11) is -4.02. The molecule has 0 aliphatic carbocycles.